The topological polar surface area (TPSA) is 36.4 Å². The van der Waals surface area contributed by atoms with Gasteiger partial charge in [0, 0.05) is 51.5 Å². The number of pyridine rings is 1. The maximum atomic E-state index is 12.0. The second-order valence-electron chi connectivity index (χ2n) is 5.48. The van der Waals surface area contributed by atoms with Gasteiger partial charge in [-0.05, 0) is 18.1 Å². The summed E-state index contributed by atoms with van der Waals surface area (Å²) in [5.41, 5.74) is 1.25. The highest BCUT2D eigenvalue weighted by molar-refractivity contribution is 5.76. The Hall–Kier alpha value is -1.42. The van der Waals surface area contributed by atoms with Crippen LogP contribution in [0.25, 0.3) is 0 Å². The third kappa shape index (κ3) is 4.60. The molecule has 1 aliphatic heterocycles. The highest BCUT2D eigenvalue weighted by Gasteiger charge is 2.20. The lowest BCUT2D eigenvalue weighted by Crippen LogP contribution is -2.48. The largest absolute Gasteiger partial charge is 0.340 e. The van der Waals surface area contributed by atoms with Crippen LogP contribution in [0.2, 0.25) is 0 Å². The van der Waals surface area contributed by atoms with Crippen LogP contribution >= 0.6 is 0 Å². The van der Waals surface area contributed by atoms with Gasteiger partial charge in [-0.25, -0.2) is 0 Å². The first kappa shape index (κ1) is 15.0. The van der Waals surface area contributed by atoms with E-state index in [1.54, 1.807) is 6.20 Å². The highest BCUT2D eigenvalue weighted by Crippen LogP contribution is 2.10. The molecule has 0 spiro atoms. The molecule has 4 heteroatoms. The SMILES string of the molecule is CCCCCC(=O)N1CCN(Cc2cccnc2)CC1. The zero-order chi connectivity index (χ0) is 14.2. The summed E-state index contributed by atoms with van der Waals surface area (Å²) in [6, 6.07) is 4.08. The molecule has 0 aliphatic carbocycles. The number of unbranched alkanes of at least 4 members (excludes halogenated alkanes) is 2. The summed E-state index contributed by atoms with van der Waals surface area (Å²) in [7, 11) is 0. The lowest BCUT2D eigenvalue weighted by atomic mass is 10.1. The number of carbonyl (C=O) groups is 1. The molecule has 20 heavy (non-hydrogen) atoms. The van der Waals surface area contributed by atoms with Crippen LogP contribution in [0.1, 0.15) is 38.2 Å². The van der Waals surface area contributed by atoms with Crippen molar-refractivity contribution in [2.45, 2.75) is 39.2 Å². The van der Waals surface area contributed by atoms with Crippen LogP contribution in [-0.4, -0.2) is 46.9 Å². The van der Waals surface area contributed by atoms with Crippen molar-refractivity contribution in [1.29, 1.82) is 0 Å². The quantitative estimate of drug-likeness (QED) is 0.748. The van der Waals surface area contributed by atoms with E-state index in [0.29, 0.717) is 5.91 Å². The molecular weight excluding hydrogens is 250 g/mol. The molecule has 0 saturated carbocycles. The number of carbonyl (C=O) groups excluding carboxylic acids is 1. The fourth-order valence-corrected chi connectivity index (χ4v) is 2.59. The Balaban J connectivity index is 1.71. The van der Waals surface area contributed by atoms with E-state index < -0.39 is 0 Å². The van der Waals surface area contributed by atoms with Crippen LogP contribution in [0.4, 0.5) is 0 Å². The summed E-state index contributed by atoms with van der Waals surface area (Å²) in [5.74, 6) is 0.333. The molecule has 1 aliphatic rings. The summed E-state index contributed by atoms with van der Waals surface area (Å²) in [5, 5.41) is 0. The molecule has 0 bridgehead atoms. The summed E-state index contributed by atoms with van der Waals surface area (Å²) in [6.45, 7) is 6.77. The van der Waals surface area contributed by atoms with Gasteiger partial charge in [0.15, 0.2) is 0 Å². The Kier molecular flexibility index (Phi) is 5.99. The normalized spacial score (nSPS) is 16.4. The van der Waals surface area contributed by atoms with Gasteiger partial charge in [0.1, 0.15) is 0 Å². The smallest absolute Gasteiger partial charge is 0.222 e. The van der Waals surface area contributed by atoms with Crippen LogP contribution in [0.3, 0.4) is 0 Å². The molecule has 4 nitrogen and oxygen atoms in total. The predicted molar refractivity (Wildman–Crippen MR) is 80.2 cm³/mol. The minimum Gasteiger partial charge on any atom is -0.340 e. The van der Waals surface area contributed by atoms with Crippen LogP contribution < -0.4 is 0 Å². The maximum Gasteiger partial charge on any atom is 0.222 e. The first-order chi connectivity index (χ1) is 9.79. The Morgan fingerprint density at radius 1 is 1.25 bits per heavy atom. The third-order valence-electron chi connectivity index (χ3n) is 3.85. The minimum atomic E-state index is 0.333. The molecule has 2 rings (SSSR count). The molecular formula is C16H25N3O. The van der Waals surface area contributed by atoms with Crippen molar-refractivity contribution in [1.82, 2.24) is 14.8 Å². The van der Waals surface area contributed by atoms with Crippen molar-refractivity contribution in [3.63, 3.8) is 0 Å². The molecule has 1 amide bonds. The van der Waals surface area contributed by atoms with Gasteiger partial charge in [-0.3, -0.25) is 14.7 Å². The van der Waals surface area contributed by atoms with Gasteiger partial charge in [0.05, 0.1) is 0 Å². The molecule has 1 fully saturated rings. The highest BCUT2D eigenvalue weighted by atomic mass is 16.2. The zero-order valence-corrected chi connectivity index (χ0v) is 12.4. The molecule has 1 aromatic heterocycles. The van der Waals surface area contributed by atoms with Crippen molar-refractivity contribution < 1.29 is 4.79 Å². The fourth-order valence-electron chi connectivity index (χ4n) is 2.59. The van der Waals surface area contributed by atoms with Crippen molar-refractivity contribution >= 4 is 5.91 Å². The van der Waals surface area contributed by atoms with Gasteiger partial charge in [0.2, 0.25) is 5.91 Å². The van der Waals surface area contributed by atoms with Crippen molar-refractivity contribution in [2.24, 2.45) is 0 Å². The number of hydrogen-bond acceptors (Lipinski definition) is 3. The molecule has 0 unspecified atom stereocenters. The Morgan fingerprint density at radius 3 is 2.70 bits per heavy atom. The van der Waals surface area contributed by atoms with Gasteiger partial charge in [-0.1, -0.05) is 25.8 Å². The van der Waals surface area contributed by atoms with Gasteiger partial charge in [-0.15, -0.1) is 0 Å². The van der Waals surface area contributed by atoms with E-state index in [1.807, 2.05) is 17.2 Å². The maximum absolute atomic E-state index is 12.0. The van der Waals surface area contributed by atoms with Crippen LogP contribution in [-0.2, 0) is 11.3 Å². The number of amides is 1. The Morgan fingerprint density at radius 2 is 2.05 bits per heavy atom. The molecule has 2 heterocycles. The van der Waals surface area contributed by atoms with Gasteiger partial charge in [0.25, 0.3) is 0 Å². The number of aromatic nitrogens is 1. The first-order valence-corrected chi connectivity index (χ1v) is 7.68. The van der Waals surface area contributed by atoms with Gasteiger partial charge < -0.3 is 4.90 Å². The molecule has 110 valence electrons. The summed E-state index contributed by atoms with van der Waals surface area (Å²) in [4.78, 5) is 20.6. The van der Waals surface area contributed by atoms with E-state index in [0.717, 1.165) is 52.0 Å². The molecule has 1 saturated heterocycles. The standard InChI is InChI=1S/C16H25N3O/c1-2-3-4-7-16(20)19-11-9-18(10-12-19)14-15-6-5-8-17-13-15/h5-6,8,13H,2-4,7,9-12,14H2,1H3. The van der Waals surface area contributed by atoms with Crippen LogP contribution in [0.15, 0.2) is 24.5 Å². The number of piperazine rings is 1. The van der Waals surface area contributed by atoms with E-state index in [9.17, 15) is 4.79 Å². The summed E-state index contributed by atoms with van der Waals surface area (Å²) >= 11 is 0. The average molecular weight is 275 g/mol. The lowest BCUT2D eigenvalue weighted by molar-refractivity contribution is -0.133. The van der Waals surface area contributed by atoms with E-state index >= 15 is 0 Å². The second-order valence-corrected chi connectivity index (χ2v) is 5.48. The van der Waals surface area contributed by atoms with E-state index in [4.69, 9.17) is 0 Å². The third-order valence-corrected chi connectivity index (χ3v) is 3.85. The number of nitrogens with zero attached hydrogens (tertiary/aromatic N) is 3. The fraction of sp³-hybridized carbons (Fsp3) is 0.625. The van der Waals surface area contributed by atoms with E-state index in [-0.39, 0.29) is 0 Å². The molecule has 0 aromatic carbocycles. The molecule has 0 radical (unpaired) electrons. The van der Waals surface area contributed by atoms with Crippen molar-refractivity contribution in [3.05, 3.63) is 30.1 Å². The van der Waals surface area contributed by atoms with Crippen molar-refractivity contribution in [3.8, 4) is 0 Å². The van der Waals surface area contributed by atoms with Gasteiger partial charge in [-0.2, -0.15) is 0 Å². The molecule has 0 atom stereocenters. The monoisotopic (exact) mass is 275 g/mol. The van der Waals surface area contributed by atoms with E-state index in [1.165, 1.54) is 12.0 Å². The summed E-state index contributed by atoms with van der Waals surface area (Å²) < 4.78 is 0. The average Bonchev–Trinajstić information content (AvgIpc) is 2.49. The molecule has 1 aromatic rings. The number of rotatable bonds is 6. The van der Waals surface area contributed by atoms with Gasteiger partial charge >= 0.3 is 0 Å². The Bertz CT molecular complexity index is 399. The first-order valence-electron chi connectivity index (χ1n) is 7.68. The summed E-state index contributed by atoms with van der Waals surface area (Å²) in [6.07, 6.45) is 7.80. The number of hydrogen-bond donors (Lipinski definition) is 0. The predicted octanol–water partition coefficient (Wildman–Crippen LogP) is 2.31. The molecule has 0 N–H and O–H groups in total. The lowest BCUT2D eigenvalue weighted by Gasteiger charge is -2.34. The van der Waals surface area contributed by atoms with Crippen LogP contribution in [0, 0.1) is 0 Å². The minimum absolute atomic E-state index is 0.333. The zero-order valence-electron chi connectivity index (χ0n) is 12.4. The second kappa shape index (κ2) is 8.00. The van der Waals surface area contributed by atoms with Crippen molar-refractivity contribution in [2.75, 3.05) is 26.2 Å². The Labute approximate surface area is 121 Å². The van der Waals surface area contributed by atoms with Crippen LogP contribution in [0.5, 0.6) is 0 Å². The van der Waals surface area contributed by atoms with E-state index in [2.05, 4.69) is 22.9 Å².